The second-order valence-corrected chi connectivity index (χ2v) is 4.86. The van der Waals surface area contributed by atoms with Crippen LogP contribution in [-0.2, 0) is 4.84 Å². The van der Waals surface area contributed by atoms with Gasteiger partial charge < -0.3 is 0 Å². The summed E-state index contributed by atoms with van der Waals surface area (Å²) >= 11 is 2.98. The number of amides is 1. The van der Waals surface area contributed by atoms with Crippen LogP contribution in [-0.4, -0.2) is 18.0 Å². The number of hydrogen-bond donors (Lipinski definition) is 1. The predicted octanol–water partition coefficient (Wildman–Crippen LogP) is 2.47. The van der Waals surface area contributed by atoms with Gasteiger partial charge in [-0.1, -0.05) is 0 Å². The fourth-order valence-corrected chi connectivity index (χ4v) is 2.92. The highest BCUT2D eigenvalue weighted by atomic mass is 32.1. The van der Waals surface area contributed by atoms with Crippen LogP contribution in [0.25, 0.3) is 10.6 Å². The second kappa shape index (κ2) is 4.73. The van der Waals surface area contributed by atoms with Crippen LogP contribution < -0.4 is 5.48 Å². The second-order valence-electron chi connectivity index (χ2n) is 3.08. The van der Waals surface area contributed by atoms with Crippen molar-refractivity contribution in [2.75, 3.05) is 7.11 Å². The Kier molecular flexibility index (Phi) is 3.33. The van der Waals surface area contributed by atoms with Crippen molar-refractivity contribution in [3.63, 3.8) is 0 Å². The molecule has 0 saturated heterocycles. The molecule has 2 rings (SSSR count). The number of aryl methyl sites for hydroxylation is 1. The first-order valence-corrected chi connectivity index (χ1v) is 6.31. The molecule has 0 spiro atoms. The summed E-state index contributed by atoms with van der Waals surface area (Å²) in [4.78, 5) is 21.1. The molecule has 4 nitrogen and oxygen atoms in total. The first-order valence-electron chi connectivity index (χ1n) is 4.55. The van der Waals surface area contributed by atoms with Crippen LogP contribution in [0.4, 0.5) is 0 Å². The summed E-state index contributed by atoms with van der Waals surface area (Å²) in [6.45, 7) is 1.82. The third kappa shape index (κ3) is 2.13. The van der Waals surface area contributed by atoms with Crippen LogP contribution in [0.2, 0.25) is 0 Å². The van der Waals surface area contributed by atoms with E-state index in [1.807, 2.05) is 23.8 Å². The molecule has 0 radical (unpaired) electrons. The van der Waals surface area contributed by atoms with Crippen molar-refractivity contribution in [3.8, 4) is 10.6 Å². The van der Waals surface area contributed by atoms with Gasteiger partial charge in [-0.15, -0.1) is 11.3 Å². The summed E-state index contributed by atoms with van der Waals surface area (Å²) in [6.07, 6.45) is 0. The zero-order chi connectivity index (χ0) is 11.5. The van der Waals surface area contributed by atoms with Crippen LogP contribution in [0.3, 0.4) is 0 Å². The Bertz CT molecular complexity index is 491. The molecule has 84 valence electrons. The minimum absolute atomic E-state index is 0.251. The molecule has 0 aromatic carbocycles. The van der Waals surface area contributed by atoms with Crippen molar-refractivity contribution in [2.45, 2.75) is 6.92 Å². The number of nitrogens with zero attached hydrogens (tertiary/aromatic N) is 1. The van der Waals surface area contributed by atoms with E-state index in [4.69, 9.17) is 0 Å². The lowest BCUT2D eigenvalue weighted by atomic mass is 10.3. The van der Waals surface area contributed by atoms with E-state index in [0.29, 0.717) is 4.88 Å². The fourth-order valence-electron chi connectivity index (χ4n) is 1.26. The molecule has 6 heteroatoms. The maximum atomic E-state index is 11.6. The lowest BCUT2D eigenvalue weighted by Gasteiger charge is -1.97. The van der Waals surface area contributed by atoms with E-state index in [1.54, 1.807) is 11.3 Å². The maximum Gasteiger partial charge on any atom is 0.286 e. The summed E-state index contributed by atoms with van der Waals surface area (Å²) in [5, 5.41) is 4.86. The number of carbonyl (C=O) groups excluding carboxylic acids is 1. The maximum absolute atomic E-state index is 11.6. The van der Waals surface area contributed by atoms with Crippen LogP contribution >= 0.6 is 22.7 Å². The molecule has 0 aliphatic carbocycles. The molecule has 2 aromatic rings. The van der Waals surface area contributed by atoms with Crippen LogP contribution in [0.1, 0.15) is 15.4 Å². The van der Waals surface area contributed by atoms with E-state index >= 15 is 0 Å². The summed E-state index contributed by atoms with van der Waals surface area (Å²) in [7, 11) is 1.41. The summed E-state index contributed by atoms with van der Waals surface area (Å²) in [5.41, 5.74) is 4.07. The van der Waals surface area contributed by atoms with E-state index < -0.39 is 0 Å². The average molecular weight is 254 g/mol. The summed E-state index contributed by atoms with van der Waals surface area (Å²) in [5.74, 6) is -0.251. The van der Waals surface area contributed by atoms with Gasteiger partial charge in [0.15, 0.2) is 0 Å². The standard InChI is InChI=1S/C10H10N2O2S2/c1-6-8(9(13)12-14-2)16-10(11-6)7-3-4-15-5-7/h3-5H,1-2H3,(H,12,13). The van der Waals surface area contributed by atoms with Crippen LogP contribution in [0.15, 0.2) is 16.8 Å². The van der Waals surface area contributed by atoms with Crippen molar-refractivity contribution >= 4 is 28.6 Å². The number of rotatable bonds is 3. The number of aromatic nitrogens is 1. The van der Waals surface area contributed by atoms with Gasteiger partial charge in [-0.2, -0.15) is 11.3 Å². The molecule has 0 unspecified atom stereocenters. The predicted molar refractivity (Wildman–Crippen MR) is 64.6 cm³/mol. The highest BCUT2D eigenvalue weighted by molar-refractivity contribution is 7.17. The normalized spacial score (nSPS) is 10.4. The molecular weight excluding hydrogens is 244 g/mol. The van der Waals surface area contributed by atoms with E-state index in [9.17, 15) is 4.79 Å². The van der Waals surface area contributed by atoms with E-state index in [0.717, 1.165) is 16.3 Å². The van der Waals surface area contributed by atoms with Crippen molar-refractivity contribution in [2.24, 2.45) is 0 Å². The number of hydroxylamine groups is 1. The number of hydrogen-bond acceptors (Lipinski definition) is 5. The Morgan fingerprint density at radius 1 is 1.56 bits per heavy atom. The SMILES string of the molecule is CONC(=O)c1sc(-c2ccsc2)nc1C. The Hall–Kier alpha value is -1.24. The van der Waals surface area contributed by atoms with Gasteiger partial charge in [0.05, 0.1) is 12.8 Å². The zero-order valence-electron chi connectivity index (χ0n) is 8.81. The van der Waals surface area contributed by atoms with Gasteiger partial charge in [-0.05, 0) is 18.4 Å². The van der Waals surface area contributed by atoms with Gasteiger partial charge in [-0.3, -0.25) is 9.63 Å². The van der Waals surface area contributed by atoms with Gasteiger partial charge in [0.25, 0.3) is 5.91 Å². The lowest BCUT2D eigenvalue weighted by Crippen LogP contribution is -2.21. The molecule has 1 amide bonds. The quantitative estimate of drug-likeness (QED) is 0.856. The Balaban J connectivity index is 2.32. The van der Waals surface area contributed by atoms with Gasteiger partial charge in [0.2, 0.25) is 0 Å². The van der Waals surface area contributed by atoms with Gasteiger partial charge in [0, 0.05) is 10.9 Å². The zero-order valence-corrected chi connectivity index (χ0v) is 10.4. The largest absolute Gasteiger partial charge is 0.286 e. The van der Waals surface area contributed by atoms with Crippen molar-refractivity contribution in [1.82, 2.24) is 10.5 Å². The molecule has 0 fully saturated rings. The van der Waals surface area contributed by atoms with E-state index in [1.165, 1.54) is 18.4 Å². The monoisotopic (exact) mass is 254 g/mol. The molecule has 16 heavy (non-hydrogen) atoms. The van der Waals surface area contributed by atoms with Crippen LogP contribution in [0.5, 0.6) is 0 Å². The molecule has 1 N–H and O–H groups in total. The first kappa shape index (κ1) is 11.3. The number of carbonyl (C=O) groups is 1. The Labute approximate surface area is 101 Å². The fraction of sp³-hybridized carbons (Fsp3) is 0.200. The number of thiazole rings is 1. The molecule has 0 atom stereocenters. The number of thiophene rings is 1. The lowest BCUT2D eigenvalue weighted by molar-refractivity contribution is 0.0541. The molecular formula is C10H10N2O2S2. The number of nitrogens with one attached hydrogen (secondary N) is 1. The highest BCUT2D eigenvalue weighted by Gasteiger charge is 2.15. The third-order valence-corrected chi connectivity index (χ3v) is 3.85. The summed E-state index contributed by atoms with van der Waals surface area (Å²) in [6, 6.07) is 1.99. The minimum atomic E-state index is -0.251. The smallest absolute Gasteiger partial charge is 0.277 e. The van der Waals surface area contributed by atoms with E-state index in [-0.39, 0.29) is 5.91 Å². The average Bonchev–Trinajstić information content (AvgIpc) is 2.86. The molecule has 0 aliphatic rings. The van der Waals surface area contributed by atoms with Gasteiger partial charge >= 0.3 is 0 Å². The van der Waals surface area contributed by atoms with Crippen molar-refractivity contribution in [1.29, 1.82) is 0 Å². The molecule has 0 aliphatic heterocycles. The summed E-state index contributed by atoms with van der Waals surface area (Å²) < 4.78 is 0. The molecule has 2 heterocycles. The molecule has 0 saturated carbocycles. The Morgan fingerprint density at radius 3 is 3.00 bits per heavy atom. The van der Waals surface area contributed by atoms with E-state index in [2.05, 4.69) is 15.3 Å². The first-order chi connectivity index (χ1) is 7.72. The van der Waals surface area contributed by atoms with Crippen molar-refractivity contribution < 1.29 is 9.63 Å². The topological polar surface area (TPSA) is 51.2 Å². The molecule has 0 bridgehead atoms. The van der Waals surface area contributed by atoms with Crippen molar-refractivity contribution in [3.05, 3.63) is 27.4 Å². The highest BCUT2D eigenvalue weighted by Crippen LogP contribution is 2.29. The van der Waals surface area contributed by atoms with Crippen LogP contribution in [0, 0.1) is 6.92 Å². The Morgan fingerprint density at radius 2 is 2.38 bits per heavy atom. The van der Waals surface area contributed by atoms with Gasteiger partial charge in [0.1, 0.15) is 9.88 Å². The van der Waals surface area contributed by atoms with Gasteiger partial charge in [-0.25, -0.2) is 10.5 Å². The molecule has 2 aromatic heterocycles. The third-order valence-electron chi connectivity index (χ3n) is 1.97. The minimum Gasteiger partial charge on any atom is -0.277 e.